The van der Waals surface area contributed by atoms with E-state index >= 15 is 0 Å². The molecular formula is C17H18N4O2. The van der Waals surface area contributed by atoms with Crippen molar-refractivity contribution in [3.8, 4) is 11.5 Å². The van der Waals surface area contributed by atoms with E-state index in [0.717, 1.165) is 49.0 Å². The van der Waals surface area contributed by atoms with E-state index in [1.165, 1.54) is 0 Å². The molecule has 1 atom stereocenters. The molecule has 3 aromatic heterocycles. The number of furan rings is 1. The zero-order valence-electron chi connectivity index (χ0n) is 13.0. The van der Waals surface area contributed by atoms with E-state index in [1.807, 2.05) is 31.2 Å². The molecule has 3 aromatic rings. The molecule has 1 aliphatic rings. The largest absolute Gasteiger partial charge is 0.465 e. The lowest BCUT2D eigenvalue weighted by Gasteiger charge is -2.12. The highest BCUT2D eigenvalue weighted by molar-refractivity contribution is 5.50. The van der Waals surface area contributed by atoms with Crippen molar-refractivity contribution < 1.29 is 8.83 Å². The number of nitrogens with zero attached hydrogens (tertiary/aromatic N) is 4. The highest BCUT2D eigenvalue weighted by atomic mass is 16.4. The molecule has 0 amide bonds. The van der Waals surface area contributed by atoms with E-state index in [0.29, 0.717) is 5.89 Å². The van der Waals surface area contributed by atoms with Crippen molar-refractivity contribution in [3.05, 3.63) is 54.1 Å². The number of pyridine rings is 1. The Kier molecular flexibility index (Phi) is 3.67. The van der Waals surface area contributed by atoms with Crippen molar-refractivity contribution >= 4 is 0 Å². The minimum absolute atomic E-state index is 0.286. The Balaban J connectivity index is 1.43. The predicted molar refractivity (Wildman–Crippen MR) is 83.6 cm³/mol. The first-order chi connectivity index (χ1) is 11.3. The van der Waals surface area contributed by atoms with Crippen LogP contribution in [0.5, 0.6) is 0 Å². The fourth-order valence-corrected chi connectivity index (χ4v) is 2.98. The van der Waals surface area contributed by atoms with Gasteiger partial charge in [0.1, 0.15) is 11.5 Å². The Labute approximate surface area is 134 Å². The maximum atomic E-state index is 5.86. The minimum Gasteiger partial charge on any atom is -0.465 e. The molecule has 1 aliphatic heterocycles. The highest BCUT2D eigenvalue weighted by Gasteiger charge is 2.28. The molecule has 1 saturated heterocycles. The lowest BCUT2D eigenvalue weighted by atomic mass is 10.1. The molecule has 4 heterocycles. The lowest BCUT2D eigenvalue weighted by molar-refractivity contribution is 0.287. The summed E-state index contributed by atoms with van der Waals surface area (Å²) in [5.41, 5.74) is 0.902. The fourth-order valence-electron chi connectivity index (χ4n) is 2.98. The molecule has 0 radical (unpaired) electrons. The van der Waals surface area contributed by atoms with Crippen LogP contribution in [0.25, 0.3) is 11.5 Å². The second-order valence-electron chi connectivity index (χ2n) is 5.91. The number of likely N-dealkylation sites (tertiary alicyclic amines) is 1. The van der Waals surface area contributed by atoms with Gasteiger partial charge in [0, 0.05) is 24.5 Å². The second kappa shape index (κ2) is 5.96. The van der Waals surface area contributed by atoms with Gasteiger partial charge in [0.05, 0.1) is 12.5 Å². The third kappa shape index (κ3) is 3.03. The van der Waals surface area contributed by atoms with E-state index in [1.54, 1.807) is 12.4 Å². The first kappa shape index (κ1) is 14.1. The van der Waals surface area contributed by atoms with Gasteiger partial charge in [-0.2, -0.15) is 0 Å². The summed E-state index contributed by atoms with van der Waals surface area (Å²) in [4.78, 5) is 6.36. The Morgan fingerprint density at radius 2 is 2.00 bits per heavy atom. The van der Waals surface area contributed by atoms with Gasteiger partial charge in [0.15, 0.2) is 0 Å². The molecule has 23 heavy (non-hydrogen) atoms. The zero-order chi connectivity index (χ0) is 15.6. The van der Waals surface area contributed by atoms with E-state index in [4.69, 9.17) is 8.83 Å². The Morgan fingerprint density at radius 1 is 1.13 bits per heavy atom. The monoisotopic (exact) mass is 310 g/mol. The molecule has 0 saturated carbocycles. The van der Waals surface area contributed by atoms with Crippen molar-refractivity contribution in [1.82, 2.24) is 20.1 Å². The van der Waals surface area contributed by atoms with Crippen molar-refractivity contribution in [2.45, 2.75) is 25.8 Å². The standard InChI is InChI=1S/C17H18N4O2/c1-12-2-3-15(22-12)11-21-9-6-14(10-21)17-20-19-16(23-17)13-4-7-18-8-5-13/h2-5,7-8,14H,6,9-11H2,1H3. The van der Waals surface area contributed by atoms with Crippen LogP contribution in [0.4, 0.5) is 0 Å². The summed E-state index contributed by atoms with van der Waals surface area (Å²) in [6.45, 7) is 4.72. The van der Waals surface area contributed by atoms with Crippen LogP contribution < -0.4 is 0 Å². The van der Waals surface area contributed by atoms with Gasteiger partial charge in [0.25, 0.3) is 0 Å². The normalized spacial score (nSPS) is 18.6. The van der Waals surface area contributed by atoms with Gasteiger partial charge in [0.2, 0.25) is 11.8 Å². The molecule has 0 bridgehead atoms. The minimum atomic E-state index is 0.286. The molecule has 1 unspecified atom stereocenters. The maximum absolute atomic E-state index is 5.86. The quantitative estimate of drug-likeness (QED) is 0.738. The summed E-state index contributed by atoms with van der Waals surface area (Å²) in [6, 6.07) is 7.79. The van der Waals surface area contributed by atoms with E-state index in [-0.39, 0.29) is 5.92 Å². The number of aryl methyl sites for hydroxylation is 1. The number of hydrogen-bond acceptors (Lipinski definition) is 6. The van der Waals surface area contributed by atoms with Crippen molar-refractivity contribution in [2.24, 2.45) is 0 Å². The number of hydrogen-bond donors (Lipinski definition) is 0. The van der Waals surface area contributed by atoms with Crippen LogP contribution in [0.15, 0.2) is 45.5 Å². The summed E-state index contributed by atoms with van der Waals surface area (Å²) in [5.74, 6) is 3.52. The van der Waals surface area contributed by atoms with Crippen LogP contribution in [-0.2, 0) is 6.54 Å². The van der Waals surface area contributed by atoms with Crippen LogP contribution in [0.2, 0.25) is 0 Å². The van der Waals surface area contributed by atoms with Gasteiger partial charge < -0.3 is 8.83 Å². The first-order valence-corrected chi connectivity index (χ1v) is 7.79. The second-order valence-corrected chi connectivity index (χ2v) is 5.91. The third-order valence-electron chi connectivity index (χ3n) is 4.16. The average Bonchev–Trinajstić information content (AvgIpc) is 3.29. The van der Waals surface area contributed by atoms with Gasteiger partial charge in [-0.15, -0.1) is 10.2 Å². The van der Waals surface area contributed by atoms with Crippen molar-refractivity contribution in [3.63, 3.8) is 0 Å². The van der Waals surface area contributed by atoms with Gasteiger partial charge in [-0.25, -0.2) is 0 Å². The Bertz CT molecular complexity index is 781. The molecular weight excluding hydrogens is 292 g/mol. The third-order valence-corrected chi connectivity index (χ3v) is 4.16. The molecule has 118 valence electrons. The molecule has 6 heteroatoms. The maximum Gasteiger partial charge on any atom is 0.247 e. The summed E-state index contributed by atoms with van der Waals surface area (Å²) >= 11 is 0. The predicted octanol–water partition coefficient (Wildman–Crippen LogP) is 3.02. The van der Waals surface area contributed by atoms with E-state index in [2.05, 4.69) is 20.1 Å². The van der Waals surface area contributed by atoms with Gasteiger partial charge in [-0.1, -0.05) is 0 Å². The fraction of sp³-hybridized carbons (Fsp3) is 0.353. The molecule has 0 aliphatic carbocycles. The summed E-state index contributed by atoms with van der Waals surface area (Å²) in [5, 5.41) is 8.39. The SMILES string of the molecule is Cc1ccc(CN2CCC(c3nnc(-c4ccncc4)o3)C2)o1. The first-order valence-electron chi connectivity index (χ1n) is 7.79. The summed E-state index contributed by atoms with van der Waals surface area (Å²) in [6.07, 6.45) is 4.47. The molecule has 6 nitrogen and oxygen atoms in total. The summed E-state index contributed by atoms with van der Waals surface area (Å²) in [7, 11) is 0. The van der Waals surface area contributed by atoms with Gasteiger partial charge >= 0.3 is 0 Å². The van der Waals surface area contributed by atoms with Gasteiger partial charge in [-0.3, -0.25) is 9.88 Å². The highest BCUT2D eigenvalue weighted by Crippen LogP contribution is 2.29. The number of rotatable bonds is 4. The lowest BCUT2D eigenvalue weighted by Crippen LogP contribution is -2.19. The van der Waals surface area contributed by atoms with Crippen molar-refractivity contribution in [2.75, 3.05) is 13.1 Å². The van der Waals surface area contributed by atoms with E-state index in [9.17, 15) is 0 Å². The van der Waals surface area contributed by atoms with Crippen LogP contribution >= 0.6 is 0 Å². The average molecular weight is 310 g/mol. The molecule has 0 aromatic carbocycles. The Morgan fingerprint density at radius 3 is 2.78 bits per heavy atom. The smallest absolute Gasteiger partial charge is 0.247 e. The van der Waals surface area contributed by atoms with Crippen LogP contribution in [-0.4, -0.2) is 33.2 Å². The Hall–Kier alpha value is -2.47. The summed E-state index contributed by atoms with van der Waals surface area (Å²) < 4.78 is 11.5. The van der Waals surface area contributed by atoms with Crippen LogP contribution in [0.3, 0.4) is 0 Å². The van der Waals surface area contributed by atoms with Crippen LogP contribution in [0.1, 0.15) is 29.7 Å². The molecule has 1 fully saturated rings. The topological polar surface area (TPSA) is 68.2 Å². The van der Waals surface area contributed by atoms with Gasteiger partial charge in [-0.05, 0) is 44.2 Å². The zero-order valence-corrected chi connectivity index (χ0v) is 13.0. The molecule has 4 rings (SSSR count). The van der Waals surface area contributed by atoms with E-state index < -0.39 is 0 Å². The number of aromatic nitrogens is 3. The molecule has 0 spiro atoms. The van der Waals surface area contributed by atoms with Crippen LogP contribution in [0, 0.1) is 6.92 Å². The van der Waals surface area contributed by atoms with Crippen molar-refractivity contribution in [1.29, 1.82) is 0 Å². The molecule has 0 N–H and O–H groups in total.